The summed E-state index contributed by atoms with van der Waals surface area (Å²) in [6.45, 7) is 3.65. The molecule has 2 N–H and O–H groups in total. The van der Waals surface area contributed by atoms with Crippen molar-refractivity contribution in [1.29, 1.82) is 0 Å². The molecule has 34 heavy (non-hydrogen) atoms. The van der Waals surface area contributed by atoms with Gasteiger partial charge in [-0.15, -0.1) is 0 Å². The number of halogens is 2. The van der Waals surface area contributed by atoms with Crippen molar-refractivity contribution in [3.63, 3.8) is 0 Å². The van der Waals surface area contributed by atoms with Gasteiger partial charge in [-0.05, 0) is 36.4 Å². The second-order valence-corrected chi connectivity index (χ2v) is 7.22. The molecule has 0 spiro atoms. The molecule has 3 aromatic heterocycles. The molecule has 8 nitrogen and oxygen atoms in total. The monoisotopic (exact) mass is 477 g/mol. The third-order valence-corrected chi connectivity index (χ3v) is 4.75. The number of carbonyl (C=O) groups excluding carboxylic acids is 1. The molecule has 0 bridgehead atoms. The van der Waals surface area contributed by atoms with Crippen molar-refractivity contribution in [2.24, 2.45) is 0 Å². The molecule has 0 aliphatic heterocycles. The van der Waals surface area contributed by atoms with E-state index in [1.165, 1.54) is 49.3 Å². The Kier molecular flexibility index (Phi) is 6.98. The first-order valence-corrected chi connectivity index (χ1v) is 10.3. The highest BCUT2D eigenvalue weighted by molar-refractivity contribution is 6.30. The smallest absolute Gasteiger partial charge is 0.255 e. The zero-order valence-corrected chi connectivity index (χ0v) is 18.3. The van der Waals surface area contributed by atoms with E-state index in [-0.39, 0.29) is 35.1 Å². The Balaban J connectivity index is 1.67. The number of nitrogens with one attached hydrogen (secondary N) is 2. The van der Waals surface area contributed by atoms with Crippen molar-refractivity contribution >= 4 is 29.0 Å². The summed E-state index contributed by atoms with van der Waals surface area (Å²) in [6, 6.07) is 9.14. The largest absolute Gasteiger partial charge is 0.467 e. The molecule has 0 saturated heterocycles. The number of rotatable bonds is 8. The second-order valence-electron chi connectivity index (χ2n) is 6.78. The normalized spacial score (nSPS) is 10.3. The van der Waals surface area contributed by atoms with Gasteiger partial charge in [0.1, 0.15) is 17.8 Å². The summed E-state index contributed by atoms with van der Waals surface area (Å²) in [5, 5.41) is 6.13. The van der Waals surface area contributed by atoms with E-state index < -0.39 is 11.7 Å². The van der Waals surface area contributed by atoms with Crippen molar-refractivity contribution < 1.29 is 18.3 Å². The maximum atomic E-state index is 14.4. The number of amides is 1. The summed E-state index contributed by atoms with van der Waals surface area (Å²) in [5.74, 6) is 0.0914. The van der Waals surface area contributed by atoms with Gasteiger partial charge in [0.2, 0.25) is 0 Å². The number of benzene rings is 1. The standard InChI is InChI=1S/C24H17ClFN5O3/c1-2-9-34-21-14-28-22(17-11-15(25)5-6-19(17)26)31-23(21)30-20-7-8-27-13-18(20)24(32)29-12-16-4-3-10-33-16/h3-11,13-14H,1,12H2,(H,29,32)(H,27,28,30,31). The number of hydrogen-bond acceptors (Lipinski definition) is 7. The number of carbonyl (C=O) groups is 1. The van der Waals surface area contributed by atoms with Gasteiger partial charge in [-0.1, -0.05) is 23.9 Å². The van der Waals surface area contributed by atoms with E-state index in [0.29, 0.717) is 16.5 Å². The highest BCUT2D eigenvalue weighted by Crippen LogP contribution is 2.31. The van der Waals surface area contributed by atoms with E-state index in [1.54, 1.807) is 18.2 Å². The van der Waals surface area contributed by atoms with Crippen LogP contribution in [0.15, 0.2) is 84.2 Å². The Hall–Kier alpha value is -4.46. The fourth-order valence-corrected chi connectivity index (χ4v) is 3.11. The van der Waals surface area contributed by atoms with E-state index in [4.69, 9.17) is 20.8 Å². The van der Waals surface area contributed by atoms with Gasteiger partial charge >= 0.3 is 0 Å². The van der Waals surface area contributed by atoms with E-state index in [9.17, 15) is 9.18 Å². The van der Waals surface area contributed by atoms with Gasteiger partial charge in [-0.25, -0.2) is 14.4 Å². The minimum Gasteiger partial charge on any atom is -0.467 e. The van der Waals surface area contributed by atoms with Crippen molar-refractivity contribution in [1.82, 2.24) is 20.3 Å². The van der Waals surface area contributed by atoms with Crippen LogP contribution in [-0.4, -0.2) is 20.9 Å². The molecule has 0 aliphatic carbocycles. The predicted octanol–water partition coefficient (Wildman–Crippen LogP) is 5.28. The van der Waals surface area contributed by atoms with Gasteiger partial charge in [0, 0.05) is 17.4 Å². The fourth-order valence-electron chi connectivity index (χ4n) is 2.94. The van der Waals surface area contributed by atoms with Gasteiger partial charge in [0.05, 0.1) is 35.8 Å². The van der Waals surface area contributed by atoms with Crippen molar-refractivity contribution in [2.45, 2.75) is 6.54 Å². The van der Waals surface area contributed by atoms with Gasteiger partial charge < -0.3 is 19.8 Å². The number of pyridine rings is 1. The molecule has 4 aromatic rings. The highest BCUT2D eigenvalue weighted by Gasteiger charge is 2.17. The lowest BCUT2D eigenvalue weighted by Crippen LogP contribution is -2.23. The van der Waals surface area contributed by atoms with Crippen LogP contribution in [0.2, 0.25) is 5.02 Å². The Labute approximate surface area is 198 Å². The maximum absolute atomic E-state index is 14.4. The van der Waals surface area contributed by atoms with Gasteiger partial charge in [-0.3, -0.25) is 9.78 Å². The summed E-state index contributed by atoms with van der Waals surface area (Å²) >= 11 is 6.02. The topological polar surface area (TPSA) is 102 Å². The molecule has 0 atom stereocenters. The summed E-state index contributed by atoms with van der Waals surface area (Å²) in [6.07, 6.45) is 7.01. The van der Waals surface area contributed by atoms with Crippen LogP contribution in [0.1, 0.15) is 16.1 Å². The van der Waals surface area contributed by atoms with Gasteiger partial charge in [0.25, 0.3) is 5.91 Å². The van der Waals surface area contributed by atoms with Crippen LogP contribution in [0.25, 0.3) is 11.4 Å². The van der Waals surface area contributed by atoms with Crippen LogP contribution in [0.4, 0.5) is 15.9 Å². The van der Waals surface area contributed by atoms with Crippen LogP contribution in [0.3, 0.4) is 0 Å². The molecule has 0 fully saturated rings. The maximum Gasteiger partial charge on any atom is 0.255 e. The number of nitrogens with zero attached hydrogens (tertiary/aromatic N) is 3. The first kappa shape index (κ1) is 22.7. The van der Waals surface area contributed by atoms with Crippen molar-refractivity contribution in [3.8, 4) is 17.1 Å². The third kappa shape index (κ3) is 5.29. The van der Waals surface area contributed by atoms with Gasteiger partial charge in [0.15, 0.2) is 17.4 Å². The average Bonchev–Trinajstić information content (AvgIpc) is 3.37. The minimum atomic E-state index is -0.545. The first-order valence-electron chi connectivity index (χ1n) is 9.90. The number of furan rings is 1. The van der Waals surface area contributed by atoms with Crippen molar-refractivity contribution in [3.05, 3.63) is 102 Å². The Morgan fingerprint density at radius 1 is 1.29 bits per heavy atom. The minimum absolute atomic E-state index is 0.0651. The Morgan fingerprint density at radius 3 is 2.97 bits per heavy atom. The van der Waals surface area contributed by atoms with E-state index in [1.807, 2.05) is 0 Å². The van der Waals surface area contributed by atoms with Crippen LogP contribution in [0, 0.1) is 5.82 Å². The van der Waals surface area contributed by atoms with Crippen LogP contribution < -0.4 is 15.4 Å². The predicted molar refractivity (Wildman–Crippen MR) is 124 cm³/mol. The van der Waals surface area contributed by atoms with Crippen molar-refractivity contribution in [2.75, 3.05) is 5.32 Å². The van der Waals surface area contributed by atoms with E-state index >= 15 is 0 Å². The Bertz CT molecular complexity index is 1370. The number of hydrogen-bond donors (Lipinski definition) is 2. The molecule has 0 aliphatic rings. The quantitative estimate of drug-likeness (QED) is 0.263. The summed E-state index contributed by atoms with van der Waals surface area (Å²) in [5.41, 5.74) is 3.22. The molecule has 0 radical (unpaired) electrons. The highest BCUT2D eigenvalue weighted by atomic mass is 35.5. The van der Waals surface area contributed by atoms with Crippen LogP contribution in [0.5, 0.6) is 5.75 Å². The lowest BCUT2D eigenvalue weighted by molar-refractivity contribution is 0.0948. The summed E-state index contributed by atoms with van der Waals surface area (Å²) in [7, 11) is 0. The average molecular weight is 478 g/mol. The molecule has 4 rings (SSSR count). The lowest BCUT2D eigenvalue weighted by atomic mass is 10.2. The summed E-state index contributed by atoms with van der Waals surface area (Å²) < 4.78 is 25.1. The Morgan fingerprint density at radius 2 is 2.18 bits per heavy atom. The van der Waals surface area contributed by atoms with Crippen LogP contribution >= 0.6 is 11.6 Å². The first-order chi connectivity index (χ1) is 16.5. The SMILES string of the molecule is C=C=COc1cnc(-c2cc(Cl)ccc2F)nc1Nc1ccncc1C(=O)NCc1ccco1. The van der Waals surface area contributed by atoms with E-state index in [0.717, 1.165) is 0 Å². The molecular weight excluding hydrogens is 461 g/mol. The molecule has 1 amide bonds. The molecule has 170 valence electrons. The fraction of sp³-hybridized carbons (Fsp3) is 0.0417. The van der Waals surface area contributed by atoms with Gasteiger partial charge in [-0.2, -0.15) is 0 Å². The van der Waals surface area contributed by atoms with E-state index in [2.05, 4.69) is 37.9 Å². The molecule has 0 saturated carbocycles. The zero-order chi connectivity index (χ0) is 23.9. The number of aromatic nitrogens is 3. The summed E-state index contributed by atoms with van der Waals surface area (Å²) in [4.78, 5) is 25.4. The molecular formula is C24H17ClFN5O3. The molecule has 0 unspecified atom stereocenters. The third-order valence-electron chi connectivity index (χ3n) is 4.52. The second kappa shape index (κ2) is 10.4. The molecule has 10 heteroatoms. The number of ether oxygens (including phenoxy) is 1. The molecule has 3 heterocycles. The zero-order valence-electron chi connectivity index (χ0n) is 17.6. The van der Waals surface area contributed by atoms with Crippen LogP contribution in [-0.2, 0) is 6.54 Å². The lowest BCUT2D eigenvalue weighted by Gasteiger charge is -2.14. The molecule has 1 aromatic carbocycles. The number of anilines is 2.